The number of hydrogen-bond donors (Lipinski definition) is 1. The maximum atomic E-state index is 12.3. The topological polar surface area (TPSA) is 89.0 Å². The largest absolute Gasteiger partial charge is 0.326 e. The van der Waals surface area contributed by atoms with Gasteiger partial charge in [0.25, 0.3) is 0 Å². The molecule has 1 saturated carbocycles. The van der Waals surface area contributed by atoms with Crippen LogP contribution < -0.4 is 5.32 Å². The zero-order valence-corrected chi connectivity index (χ0v) is 17.0. The van der Waals surface area contributed by atoms with Gasteiger partial charge in [-0.1, -0.05) is 51.2 Å². The van der Waals surface area contributed by atoms with Crippen LogP contribution in [-0.2, 0) is 14.6 Å². The molecule has 1 heterocycles. The normalized spacial score (nSPS) is 15.3. The van der Waals surface area contributed by atoms with Crippen molar-refractivity contribution in [2.75, 3.05) is 11.1 Å². The fourth-order valence-electron chi connectivity index (χ4n) is 3.58. The minimum Gasteiger partial charge on any atom is -0.326 e. The van der Waals surface area contributed by atoms with Gasteiger partial charge < -0.3 is 5.32 Å². The smallest absolute Gasteiger partial charge is 0.224 e. The molecule has 1 aromatic carbocycles. The summed E-state index contributed by atoms with van der Waals surface area (Å²) < 4.78 is 23.7. The minimum atomic E-state index is -3.37. The molecule has 1 aromatic heterocycles. The molecule has 0 spiro atoms. The van der Waals surface area contributed by atoms with Gasteiger partial charge in [-0.15, -0.1) is 10.2 Å². The van der Waals surface area contributed by atoms with Crippen LogP contribution >= 0.6 is 0 Å². The fraction of sp³-hybridized carbons (Fsp3) is 0.476. The highest BCUT2D eigenvalue weighted by Crippen LogP contribution is 2.27. The number of aromatic nitrogens is 2. The number of carbonyl (C=O) groups is 1. The Balaban J connectivity index is 1.62. The summed E-state index contributed by atoms with van der Waals surface area (Å²) in [5.74, 6) is 0.695. The Kier molecular flexibility index (Phi) is 6.78. The van der Waals surface area contributed by atoms with Crippen LogP contribution in [0, 0.1) is 5.92 Å². The number of anilines is 1. The Hall–Kier alpha value is -2.28. The van der Waals surface area contributed by atoms with E-state index in [4.69, 9.17) is 0 Å². The van der Waals surface area contributed by atoms with Gasteiger partial charge in [0, 0.05) is 17.7 Å². The Bertz CT molecular complexity index is 905. The van der Waals surface area contributed by atoms with E-state index in [1.807, 2.05) is 24.3 Å². The van der Waals surface area contributed by atoms with Crippen LogP contribution in [0.2, 0.25) is 0 Å². The Morgan fingerprint density at radius 3 is 2.57 bits per heavy atom. The monoisotopic (exact) mass is 401 g/mol. The summed E-state index contributed by atoms with van der Waals surface area (Å²) in [5, 5.41) is 10.8. The first-order chi connectivity index (χ1) is 13.5. The number of benzene rings is 1. The van der Waals surface area contributed by atoms with Crippen LogP contribution in [0.3, 0.4) is 0 Å². The predicted molar refractivity (Wildman–Crippen MR) is 110 cm³/mol. The molecule has 0 bridgehead atoms. The molecule has 1 aliphatic rings. The van der Waals surface area contributed by atoms with E-state index in [0.717, 1.165) is 12.0 Å². The van der Waals surface area contributed by atoms with Crippen LogP contribution in [-0.4, -0.2) is 30.3 Å². The van der Waals surface area contributed by atoms with E-state index >= 15 is 0 Å². The van der Waals surface area contributed by atoms with Gasteiger partial charge in [-0.3, -0.25) is 4.79 Å². The maximum absolute atomic E-state index is 12.3. The van der Waals surface area contributed by atoms with Gasteiger partial charge in [0.05, 0.1) is 11.4 Å². The number of nitrogens with zero attached hydrogens (tertiary/aromatic N) is 2. The number of rotatable bonds is 7. The van der Waals surface area contributed by atoms with Gasteiger partial charge in [0.1, 0.15) is 0 Å². The Labute approximate surface area is 166 Å². The predicted octanol–water partition coefficient (Wildman–Crippen LogP) is 4.24. The van der Waals surface area contributed by atoms with Crippen molar-refractivity contribution in [3.8, 4) is 11.3 Å². The maximum Gasteiger partial charge on any atom is 0.224 e. The van der Waals surface area contributed by atoms with Crippen molar-refractivity contribution in [2.24, 2.45) is 5.92 Å². The van der Waals surface area contributed by atoms with Gasteiger partial charge >= 0.3 is 0 Å². The van der Waals surface area contributed by atoms with E-state index in [1.165, 1.54) is 38.2 Å². The standard InChI is InChI=1S/C21H27N3O3S/c1-2-28(26,27)21-14-12-19(23-24-21)17-9-6-10-18(15-17)22-20(25)13-11-16-7-4-3-5-8-16/h6,9-10,12,14-16H,2-5,7-8,11,13H2,1H3,(H,22,25). The number of nitrogens with one attached hydrogen (secondary N) is 1. The third-order valence-electron chi connectivity index (χ3n) is 5.29. The van der Waals surface area contributed by atoms with Gasteiger partial charge in [-0.25, -0.2) is 8.42 Å². The quantitative estimate of drug-likeness (QED) is 0.750. The average Bonchev–Trinajstić information content (AvgIpc) is 2.73. The minimum absolute atomic E-state index is 0.0105. The summed E-state index contributed by atoms with van der Waals surface area (Å²) in [6.07, 6.45) is 7.87. The van der Waals surface area contributed by atoms with Crippen molar-refractivity contribution < 1.29 is 13.2 Å². The molecule has 0 unspecified atom stereocenters. The van der Waals surface area contributed by atoms with Crippen LogP contribution in [0.15, 0.2) is 41.4 Å². The molecule has 0 atom stereocenters. The molecule has 0 radical (unpaired) electrons. The van der Waals surface area contributed by atoms with Crippen LogP contribution in [0.25, 0.3) is 11.3 Å². The van der Waals surface area contributed by atoms with Gasteiger partial charge in [0.2, 0.25) is 5.91 Å². The lowest BCUT2D eigenvalue weighted by Gasteiger charge is -2.21. The highest BCUT2D eigenvalue weighted by atomic mass is 32.2. The molecule has 2 aromatic rings. The van der Waals surface area contributed by atoms with Crippen molar-refractivity contribution in [3.05, 3.63) is 36.4 Å². The molecular formula is C21H27N3O3S. The number of hydrogen-bond acceptors (Lipinski definition) is 5. The Morgan fingerprint density at radius 1 is 1.11 bits per heavy atom. The van der Waals surface area contributed by atoms with Gasteiger partial charge in [0.15, 0.2) is 14.9 Å². The summed E-state index contributed by atoms with van der Waals surface area (Å²) in [6.45, 7) is 1.57. The van der Waals surface area contributed by atoms with E-state index in [9.17, 15) is 13.2 Å². The second-order valence-electron chi connectivity index (χ2n) is 7.33. The lowest BCUT2D eigenvalue weighted by molar-refractivity contribution is -0.116. The molecule has 0 saturated heterocycles. The van der Waals surface area contributed by atoms with Gasteiger partial charge in [-0.05, 0) is 36.6 Å². The molecular weight excluding hydrogens is 374 g/mol. The number of sulfone groups is 1. The average molecular weight is 402 g/mol. The molecule has 28 heavy (non-hydrogen) atoms. The zero-order valence-electron chi connectivity index (χ0n) is 16.2. The van der Waals surface area contributed by atoms with Crippen LogP contribution in [0.5, 0.6) is 0 Å². The molecule has 1 aliphatic carbocycles. The van der Waals surface area contributed by atoms with E-state index < -0.39 is 9.84 Å². The molecule has 3 rings (SSSR count). The highest BCUT2D eigenvalue weighted by Gasteiger charge is 2.16. The van der Waals surface area contributed by atoms with Crippen molar-refractivity contribution in [3.63, 3.8) is 0 Å². The first kappa shape index (κ1) is 20.5. The lowest BCUT2D eigenvalue weighted by atomic mass is 9.86. The van der Waals surface area contributed by atoms with E-state index in [-0.39, 0.29) is 16.7 Å². The molecule has 150 valence electrons. The van der Waals surface area contributed by atoms with Crippen molar-refractivity contribution in [2.45, 2.75) is 56.9 Å². The highest BCUT2D eigenvalue weighted by molar-refractivity contribution is 7.91. The summed E-state index contributed by atoms with van der Waals surface area (Å²) in [7, 11) is -3.37. The fourth-order valence-corrected chi connectivity index (χ4v) is 4.31. The van der Waals surface area contributed by atoms with E-state index in [0.29, 0.717) is 23.7 Å². The van der Waals surface area contributed by atoms with Crippen molar-refractivity contribution in [1.29, 1.82) is 0 Å². The number of amides is 1. The molecule has 0 aliphatic heterocycles. The molecule has 1 amide bonds. The third-order valence-corrected chi connectivity index (χ3v) is 6.90. The summed E-state index contributed by atoms with van der Waals surface area (Å²) in [4.78, 5) is 12.3. The first-order valence-electron chi connectivity index (χ1n) is 9.94. The summed E-state index contributed by atoms with van der Waals surface area (Å²) >= 11 is 0. The van der Waals surface area contributed by atoms with E-state index in [1.54, 1.807) is 13.0 Å². The van der Waals surface area contributed by atoms with Crippen LogP contribution in [0.4, 0.5) is 5.69 Å². The Morgan fingerprint density at radius 2 is 1.89 bits per heavy atom. The van der Waals surface area contributed by atoms with Gasteiger partial charge in [-0.2, -0.15) is 0 Å². The summed E-state index contributed by atoms with van der Waals surface area (Å²) in [5.41, 5.74) is 2.05. The first-order valence-corrected chi connectivity index (χ1v) is 11.6. The van der Waals surface area contributed by atoms with Crippen molar-refractivity contribution in [1.82, 2.24) is 10.2 Å². The summed E-state index contributed by atoms with van der Waals surface area (Å²) in [6, 6.07) is 10.5. The zero-order chi connectivity index (χ0) is 20.0. The second-order valence-corrected chi connectivity index (χ2v) is 9.56. The van der Waals surface area contributed by atoms with E-state index in [2.05, 4.69) is 15.5 Å². The molecule has 1 fully saturated rings. The molecule has 6 nitrogen and oxygen atoms in total. The molecule has 7 heteroatoms. The lowest BCUT2D eigenvalue weighted by Crippen LogP contribution is -2.14. The van der Waals surface area contributed by atoms with Crippen molar-refractivity contribution >= 4 is 21.4 Å². The third kappa shape index (κ3) is 5.38. The van der Waals surface area contributed by atoms with Crippen LogP contribution in [0.1, 0.15) is 51.9 Å². The SMILES string of the molecule is CCS(=O)(=O)c1ccc(-c2cccc(NC(=O)CCC3CCCCC3)c2)nn1. The second kappa shape index (κ2) is 9.28. The molecule has 1 N–H and O–H groups in total. The number of carbonyl (C=O) groups excluding carboxylic acids is 1.